The van der Waals surface area contributed by atoms with Gasteiger partial charge in [0.2, 0.25) is 5.60 Å². The Hall–Kier alpha value is -2.41. The van der Waals surface area contributed by atoms with Crippen LogP contribution in [0.15, 0.2) is 34.9 Å². The van der Waals surface area contributed by atoms with Crippen LogP contribution in [-0.4, -0.2) is 45.4 Å². The molecule has 0 aromatic carbocycles. The lowest BCUT2D eigenvalue weighted by Crippen LogP contribution is -2.46. The Kier molecular flexibility index (Phi) is 6.72. The Morgan fingerprint density at radius 3 is 2.46 bits per heavy atom. The van der Waals surface area contributed by atoms with E-state index in [0.29, 0.717) is 12.8 Å². The van der Waals surface area contributed by atoms with Crippen LogP contribution < -0.4 is 0 Å². The van der Waals surface area contributed by atoms with E-state index in [4.69, 9.17) is 9.47 Å². The summed E-state index contributed by atoms with van der Waals surface area (Å²) >= 11 is 0. The van der Waals surface area contributed by atoms with Gasteiger partial charge in [-0.2, -0.15) is 0 Å². The Morgan fingerprint density at radius 2 is 1.79 bits per heavy atom. The normalized spacial score (nSPS) is 40.7. The molecule has 8 atom stereocenters. The summed E-state index contributed by atoms with van der Waals surface area (Å²) in [5.41, 5.74) is 1.79. The third kappa shape index (κ3) is 4.30. The van der Waals surface area contributed by atoms with Crippen molar-refractivity contribution in [2.24, 2.45) is 34.5 Å². The maximum absolute atomic E-state index is 12.2. The maximum Gasteiger partial charge on any atom is 0.348 e. The molecule has 7 heteroatoms. The largest absolute Gasteiger partial charge is 0.478 e. The Labute approximate surface area is 231 Å². The van der Waals surface area contributed by atoms with E-state index in [1.54, 1.807) is 6.08 Å². The van der Waals surface area contributed by atoms with Gasteiger partial charge in [0.25, 0.3) is 0 Å². The molecule has 0 radical (unpaired) electrons. The average molecular weight is 541 g/mol. The minimum absolute atomic E-state index is 0.0276. The molecule has 0 amide bonds. The van der Waals surface area contributed by atoms with Gasteiger partial charge in [0.1, 0.15) is 5.60 Å². The molecule has 4 aliphatic carbocycles. The molecule has 0 saturated heterocycles. The number of carbonyl (C=O) groups excluding carboxylic acids is 2. The van der Waals surface area contributed by atoms with Gasteiger partial charge in [0.15, 0.2) is 0 Å². The van der Waals surface area contributed by atoms with Crippen molar-refractivity contribution in [2.75, 3.05) is 0 Å². The van der Waals surface area contributed by atoms with Crippen molar-refractivity contribution >= 4 is 17.9 Å². The summed E-state index contributed by atoms with van der Waals surface area (Å²) < 4.78 is 11.2. The number of hydrogen-bond donors (Lipinski definition) is 2. The summed E-state index contributed by atoms with van der Waals surface area (Å²) in [6.45, 7) is 11.5. The SMILES string of the molecule is CC(=O)O[C@@](C)(C(=O)O)[C@H]1C[C@@H](O)[C@H](C2CC[C@@]3(C)C4=C(C=C5C=CC(=O)OC(C)(C)[C@@H]5CC4)CC[C@]23C)C1. The standard InChI is InChI=1S/C32H44O7/c1-18(33)38-32(6,28(36)37)21-16-22(26(34)17-21)25-12-14-30(4)24-9-8-23-19(7-10-27(35)39-29(23,2)3)15-20(24)11-13-31(25,30)5/h7,10,15,21-23,25-26,34H,8-9,11-14,16-17H2,1-6H3,(H,36,37)/t21-,22+,23-,25?,26-,30+,31-,32-/m1/s1. The van der Waals surface area contributed by atoms with Gasteiger partial charge in [0.05, 0.1) is 6.10 Å². The van der Waals surface area contributed by atoms with E-state index in [1.807, 2.05) is 19.9 Å². The van der Waals surface area contributed by atoms with E-state index in [9.17, 15) is 24.6 Å². The number of rotatable bonds is 4. The second-order valence-electron chi connectivity index (χ2n) is 13.9. The van der Waals surface area contributed by atoms with Crippen LogP contribution in [0.2, 0.25) is 0 Å². The quantitative estimate of drug-likeness (QED) is 0.452. The molecule has 5 rings (SSSR count). The lowest BCUT2D eigenvalue weighted by Gasteiger charge is -2.52. The predicted octanol–water partition coefficient (Wildman–Crippen LogP) is 5.52. The topological polar surface area (TPSA) is 110 Å². The highest BCUT2D eigenvalue weighted by molar-refractivity contribution is 5.83. The van der Waals surface area contributed by atoms with Gasteiger partial charge in [-0.1, -0.05) is 31.6 Å². The molecule has 1 unspecified atom stereocenters. The van der Waals surface area contributed by atoms with Crippen LogP contribution in [0.4, 0.5) is 0 Å². The van der Waals surface area contributed by atoms with Crippen LogP contribution in [0.5, 0.6) is 0 Å². The van der Waals surface area contributed by atoms with Crippen LogP contribution in [0.25, 0.3) is 0 Å². The highest BCUT2D eigenvalue weighted by Crippen LogP contribution is 2.69. The number of carbonyl (C=O) groups is 3. The molecule has 2 fully saturated rings. The predicted molar refractivity (Wildman–Crippen MR) is 145 cm³/mol. The number of aliphatic hydroxyl groups is 1. The fourth-order valence-corrected chi connectivity index (χ4v) is 9.33. The Bertz CT molecular complexity index is 1180. The minimum Gasteiger partial charge on any atom is -0.478 e. The van der Waals surface area contributed by atoms with Gasteiger partial charge in [-0.25, -0.2) is 9.59 Å². The van der Waals surface area contributed by atoms with E-state index in [-0.39, 0.29) is 34.6 Å². The molecule has 0 spiro atoms. The zero-order valence-electron chi connectivity index (χ0n) is 24.2. The third-order valence-electron chi connectivity index (χ3n) is 11.7. The van der Waals surface area contributed by atoms with E-state index in [0.717, 1.165) is 38.5 Å². The van der Waals surface area contributed by atoms with Crippen molar-refractivity contribution in [3.8, 4) is 0 Å². The third-order valence-corrected chi connectivity index (χ3v) is 11.7. The maximum atomic E-state index is 12.2. The monoisotopic (exact) mass is 540 g/mol. The molecule has 39 heavy (non-hydrogen) atoms. The van der Waals surface area contributed by atoms with Gasteiger partial charge in [0, 0.05) is 24.8 Å². The van der Waals surface area contributed by atoms with Crippen LogP contribution >= 0.6 is 0 Å². The zero-order chi connectivity index (χ0) is 28.5. The van der Waals surface area contributed by atoms with Crippen LogP contribution in [0.3, 0.4) is 0 Å². The summed E-state index contributed by atoms with van der Waals surface area (Å²) in [6, 6.07) is 0. The summed E-state index contributed by atoms with van der Waals surface area (Å²) in [4.78, 5) is 36.2. The summed E-state index contributed by atoms with van der Waals surface area (Å²) in [6.07, 6.45) is 11.9. The van der Waals surface area contributed by atoms with E-state index < -0.39 is 35.2 Å². The van der Waals surface area contributed by atoms with Gasteiger partial charge >= 0.3 is 17.9 Å². The summed E-state index contributed by atoms with van der Waals surface area (Å²) in [5, 5.41) is 21.3. The second-order valence-corrected chi connectivity index (χ2v) is 13.9. The fourth-order valence-electron chi connectivity index (χ4n) is 9.33. The van der Waals surface area contributed by atoms with Crippen LogP contribution in [-0.2, 0) is 23.9 Å². The van der Waals surface area contributed by atoms with Gasteiger partial charge in [-0.05, 0) is 106 Å². The first kappa shape index (κ1) is 28.1. The number of ether oxygens (including phenoxy) is 2. The van der Waals surface area contributed by atoms with Crippen molar-refractivity contribution in [3.05, 3.63) is 34.9 Å². The molecule has 0 aromatic heterocycles. The molecule has 7 nitrogen and oxygen atoms in total. The number of carboxylic acid groups (broad SMARTS) is 1. The number of aliphatic hydroxyl groups excluding tert-OH is 1. The van der Waals surface area contributed by atoms with Crippen molar-refractivity contribution in [1.82, 2.24) is 0 Å². The second kappa shape index (κ2) is 9.32. The molecule has 214 valence electrons. The van der Waals surface area contributed by atoms with Crippen molar-refractivity contribution in [3.63, 3.8) is 0 Å². The minimum atomic E-state index is -1.64. The molecule has 5 aliphatic rings. The molecule has 1 heterocycles. The highest BCUT2D eigenvalue weighted by Gasteiger charge is 2.62. The van der Waals surface area contributed by atoms with Crippen molar-refractivity contribution in [1.29, 1.82) is 0 Å². The smallest absolute Gasteiger partial charge is 0.348 e. The lowest BCUT2D eigenvalue weighted by atomic mass is 9.52. The molecular formula is C32H44O7. The van der Waals surface area contributed by atoms with Crippen molar-refractivity contribution < 1.29 is 34.1 Å². The molecular weight excluding hydrogens is 496 g/mol. The van der Waals surface area contributed by atoms with E-state index in [1.165, 1.54) is 30.6 Å². The van der Waals surface area contributed by atoms with Gasteiger partial charge in [-0.15, -0.1) is 0 Å². The average Bonchev–Trinajstić information content (AvgIpc) is 3.21. The zero-order valence-corrected chi connectivity index (χ0v) is 24.2. The fraction of sp³-hybridized carbons (Fsp3) is 0.719. The van der Waals surface area contributed by atoms with Gasteiger partial charge in [-0.3, -0.25) is 4.79 Å². The number of allylic oxidation sites excluding steroid dienone is 4. The first-order valence-electron chi connectivity index (χ1n) is 14.6. The molecule has 2 saturated carbocycles. The van der Waals surface area contributed by atoms with Crippen molar-refractivity contribution in [2.45, 2.75) is 110 Å². The number of esters is 2. The first-order valence-corrected chi connectivity index (χ1v) is 14.6. The molecule has 2 N–H and O–H groups in total. The number of carboxylic acids is 1. The number of fused-ring (bicyclic) bond motifs is 3. The van der Waals surface area contributed by atoms with E-state index in [2.05, 4.69) is 19.9 Å². The number of hydrogen-bond acceptors (Lipinski definition) is 6. The summed E-state index contributed by atoms with van der Waals surface area (Å²) in [5.74, 6) is -2.13. The molecule has 1 aliphatic heterocycles. The molecule has 0 aromatic rings. The van der Waals surface area contributed by atoms with Gasteiger partial charge < -0.3 is 19.7 Å². The van der Waals surface area contributed by atoms with Crippen LogP contribution in [0.1, 0.15) is 92.9 Å². The highest BCUT2D eigenvalue weighted by atomic mass is 16.6. The summed E-state index contributed by atoms with van der Waals surface area (Å²) in [7, 11) is 0. The van der Waals surface area contributed by atoms with E-state index >= 15 is 0 Å². The number of cyclic esters (lactones) is 1. The molecule has 0 bridgehead atoms. The lowest BCUT2D eigenvalue weighted by molar-refractivity contribution is -0.182. The Balaban J connectivity index is 1.44. The number of aliphatic carboxylic acids is 1. The Morgan fingerprint density at radius 1 is 1.08 bits per heavy atom. The first-order chi connectivity index (χ1) is 18.1. The van der Waals surface area contributed by atoms with Crippen LogP contribution in [0, 0.1) is 34.5 Å².